The summed E-state index contributed by atoms with van der Waals surface area (Å²) in [5.74, 6) is -0.352. The van der Waals surface area contributed by atoms with Gasteiger partial charge in [-0.2, -0.15) is 0 Å². The van der Waals surface area contributed by atoms with Gasteiger partial charge >= 0.3 is 0 Å². The summed E-state index contributed by atoms with van der Waals surface area (Å²) in [4.78, 5) is 0. The number of halogens is 3. The van der Waals surface area contributed by atoms with Gasteiger partial charge in [0.2, 0.25) is 0 Å². The van der Waals surface area contributed by atoms with E-state index < -0.39 is 0 Å². The third-order valence-electron chi connectivity index (χ3n) is 2.90. The van der Waals surface area contributed by atoms with Crippen molar-refractivity contribution in [2.24, 2.45) is 0 Å². The number of hydrogen-bond donors (Lipinski definition) is 1. The molecule has 2 aromatic rings. The first-order valence-corrected chi connectivity index (χ1v) is 8.35. The van der Waals surface area contributed by atoms with Crippen LogP contribution in [-0.2, 0) is 6.42 Å². The molecule has 0 aliphatic rings. The lowest BCUT2D eigenvalue weighted by molar-refractivity contribution is 0.548. The van der Waals surface area contributed by atoms with Crippen molar-refractivity contribution in [1.82, 2.24) is 5.32 Å². The van der Waals surface area contributed by atoms with Crippen molar-refractivity contribution in [3.05, 3.63) is 54.5 Å². The monoisotopic (exact) mass is 409 g/mol. The third kappa shape index (κ3) is 3.90. The molecule has 0 fully saturated rings. The fraction of sp³-hybridized carbons (Fsp3) is 0.286. The van der Waals surface area contributed by atoms with E-state index in [0.717, 1.165) is 12.1 Å². The molecule has 1 unspecified atom stereocenters. The minimum absolute atomic E-state index is 0.170. The number of nitrogens with one attached hydrogen (secondary N) is 1. The molecule has 0 saturated carbocycles. The normalized spacial score (nSPS) is 12.6. The van der Waals surface area contributed by atoms with Gasteiger partial charge in [-0.1, -0.05) is 30.7 Å². The van der Waals surface area contributed by atoms with Gasteiger partial charge in [0.15, 0.2) is 0 Å². The molecule has 0 aliphatic heterocycles. The van der Waals surface area contributed by atoms with Crippen molar-refractivity contribution in [2.75, 3.05) is 6.54 Å². The second-order valence-electron chi connectivity index (χ2n) is 4.21. The smallest absolute Gasteiger partial charge is 0.142 e. The fourth-order valence-corrected chi connectivity index (χ4v) is 3.62. The maximum absolute atomic E-state index is 13.5. The van der Waals surface area contributed by atoms with Crippen LogP contribution in [0, 0.1) is 8.70 Å². The Hall–Kier alpha value is -0.170. The van der Waals surface area contributed by atoms with Crippen molar-refractivity contribution in [1.29, 1.82) is 0 Å². The highest BCUT2D eigenvalue weighted by molar-refractivity contribution is 14.1. The summed E-state index contributed by atoms with van der Waals surface area (Å²) in [5.41, 5.74) is 2.07. The number of benzene rings is 1. The lowest BCUT2D eigenvalue weighted by Gasteiger charge is -2.17. The summed E-state index contributed by atoms with van der Waals surface area (Å²) in [7, 11) is 0. The van der Waals surface area contributed by atoms with Crippen LogP contribution in [0.4, 0.5) is 4.39 Å². The molecule has 1 aromatic heterocycles. The zero-order valence-corrected chi connectivity index (χ0v) is 14.2. The number of likely N-dealkylation sites (N-methyl/N-ethyl adjacent to an activating group) is 1. The molecular weight excluding hydrogens is 396 g/mol. The Bertz CT molecular complexity index is 558. The van der Waals surface area contributed by atoms with Gasteiger partial charge < -0.3 is 5.32 Å². The molecule has 0 saturated heterocycles. The van der Waals surface area contributed by atoms with E-state index in [2.05, 4.69) is 46.3 Å². The first kappa shape index (κ1) is 15.2. The molecular formula is C14H14ClFINS. The van der Waals surface area contributed by atoms with Crippen LogP contribution in [0.1, 0.15) is 24.1 Å². The molecule has 0 radical (unpaired) electrons. The summed E-state index contributed by atoms with van der Waals surface area (Å²) in [6.07, 6.45) is 0.692. The van der Waals surface area contributed by atoms with E-state index in [1.165, 1.54) is 14.5 Å². The van der Waals surface area contributed by atoms with Gasteiger partial charge in [-0.15, -0.1) is 11.3 Å². The number of thiophene rings is 1. The maximum atomic E-state index is 13.5. The van der Waals surface area contributed by atoms with Crippen LogP contribution in [-0.4, -0.2) is 6.54 Å². The molecule has 1 atom stereocenters. The highest BCUT2D eigenvalue weighted by Crippen LogP contribution is 2.28. The summed E-state index contributed by atoms with van der Waals surface area (Å²) in [5, 5.41) is 5.80. The molecule has 1 aromatic carbocycles. The van der Waals surface area contributed by atoms with Crippen LogP contribution in [0.2, 0.25) is 5.02 Å². The lowest BCUT2D eigenvalue weighted by atomic mass is 10.0. The molecule has 0 spiro atoms. The largest absolute Gasteiger partial charge is 0.310 e. The summed E-state index contributed by atoms with van der Waals surface area (Å²) >= 11 is 10.1. The van der Waals surface area contributed by atoms with Crippen molar-refractivity contribution in [3.63, 3.8) is 0 Å². The van der Waals surface area contributed by atoms with Gasteiger partial charge in [0.25, 0.3) is 0 Å². The minimum atomic E-state index is -0.352. The summed E-state index contributed by atoms with van der Waals surface area (Å²) in [6, 6.07) is 7.31. The molecule has 102 valence electrons. The van der Waals surface area contributed by atoms with Gasteiger partial charge in [-0.05, 0) is 64.2 Å². The zero-order chi connectivity index (χ0) is 13.8. The van der Waals surface area contributed by atoms with Crippen LogP contribution >= 0.6 is 45.5 Å². The molecule has 2 rings (SSSR count). The number of rotatable bonds is 5. The molecule has 0 aliphatic carbocycles. The molecule has 0 amide bonds. The predicted octanol–water partition coefficient (Wildman–Crippen LogP) is 5.04. The summed E-state index contributed by atoms with van der Waals surface area (Å²) < 4.78 is 14.7. The molecule has 0 bridgehead atoms. The van der Waals surface area contributed by atoms with Crippen LogP contribution in [0.25, 0.3) is 0 Å². The molecule has 1 N–H and O–H groups in total. The lowest BCUT2D eigenvalue weighted by Crippen LogP contribution is -2.22. The molecule has 1 nitrogen and oxygen atoms in total. The molecule has 1 heterocycles. The second-order valence-corrected chi connectivity index (χ2v) is 7.39. The maximum Gasteiger partial charge on any atom is 0.142 e. The Morgan fingerprint density at radius 3 is 2.89 bits per heavy atom. The molecule has 5 heteroatoms. The van der Waals surface area contributed by atoms with E-state index in [4.69, 9.17) is 11.6 Å². The van der Waals surface area contributed by atoms with Crippen LogP contribution < -0.4 is 5.32 Å². The SMILES string of the molecule is CCNC(Cc1cccc(F)c1Cl)c1csc(I)c1. The fourth-order valence-electron chi connectivity index (χ4n) is 1.99. The third-order valence-corrected chi connectivity index (χ3v) is 5.13. The van der Waals surface area contributed by atoms with Crippen molar-refractivity contribution in [2.45, 2.75) is 19.4 Å². The van der Waals surface area contributed by atoms with E-state index in [1.807, 2.05) is 6.07 Å². The minimum Gasteiger partial charge on any atom is -0.310 e. The first-order valence-electron chi connectivity index (χ1n) is 6.02. The topological polar surface area (TPSA) is 12.0 Å². The van der Waals surface area contributed by atoms with Crippen LogP contribution in [0.3, 0.4) is 0 Å². The van der Waals surface area contributed by atoms with E-state index in [-0.39, 0.29) is 16.9 Å². The Morgan fingerprint density at radius 2 is 2.26 bits per heavy atom. The van der Waals surface area contributed by atoms with Gasteiger partial charge in [0.1, 0.15) is 5.82 Å². The van der Waals surface area contributed by atoms with Crippen LogP contribution in [0.15, 0.2) is 29.6 Å². The van der Waals surface area contributed by atoms with Crippen LogP contribution in [0.5, 0.6) is 0 Å². The Morgan fingerprint density at radius 1 is 1.47 bits per heavy atom. The van der Waals surface area contributed by atoms with Gasteiger partial charge in [-0.25, -0.2) is 4.39 Å². The van der Waals surface area contributed by atoms with Crippen molar-refractivity contribution < 1.29 is 4.39 Å². The van der Waals surface area contributed by atoms with Gasteiger partial charge in [0.05, 0.1) is 7.91 Å². The van der Waals surface area contributed by atoms with Gasteiger partial charge in [0, 0.05) is 6.04 Å². The number of hydrogen-bond acceptors (Lipinski definition) is 2. The Balaban J connectivity index is 2.23. The highest BCUT2D eigenvalue weighted by Gasteiger charge is 2.15. The highest BCUT2D eigenvalue weighted by atomic mass is 127. The zero-order valence-electron chi connectivity index (χ0n) is 10.4. The first-order chi connectivity index (χ1) is 9.11. The van der Waals surface area contributed by atoms with Crippen molar-refractivity contribution >= 4 is 45.5 Å². The van der Waals surface area contributed by atoms with E-state index in [0.29, 0.717) is 6.42 Å². The van der Waals surface area contributed by atoms with E-state index in [9.17, 15) is 4.39 Å². The quantitative estimate of drug-likeness (QED) is 0.682. The molecule has 19 heavy (non-hydrogen) atoms. The van der Waals surface area contributed by atoms with Gasteiger partial charge in [-0.3, -0.25) is 0 Å². The Labute approximate surface area is 135 Å². The summed E-state index contributed by atoms with van der Waals surface area (Å²) in [6.45, 7) is 2.93. The second kappa shape index (κ2) is 7.02. The average Bonchev–Trinajstić information content (AvgIpc) is 2.81. The Kier molecular flexibility index (Phi) is 5.62. The van der Waals surface area contributed by atoms with Crippen molar-refractivity contribution in [3.8, 4) is 0 Å². The van der Waals surface area contributed by atoms with E-state index in [1.54, 1.807) is 17.4 Å². The standard InChI is InChI=1S/C14H14ClFINS/c1-2-18-12(10-7-13(17)19-8-10)6-9-4-3-5-11(16)14(9)15/h3-5,7-8,12,18H,2,6H2,1H3. The van der Waals surface area contributed by atoms with E-state index >= 15 is 0 Å². The predicted molar refractivity (Wildman–Crippen MR) is 88.6 cm³/mol. The average molecular weight is 410 g/mol.